The molecule has 9 heteroatoms. The number of para-hydroxylation sites is 1. The maximum absolute atomic E-state index is 11.8. The molecule has 3 aromatic rings. The number of hydrogen-bond donors (Lipinski definition) is 2. The first-order chi connectivity index (χ1) is 15.6. The van der Waals surface area contributed by atoms with E-state index in [9.17, 15) is 4.79 Å². The number of carbonyl (C=O) groups excluding carboxylic acids is 1. The van der Waals surface area contributed by atoms with Crippen molar-refractivity contribution in [2.75, 3.05) is 30.7 Å². The zero-order valence-electron chi connectivity index (χ0n) is 17.6. The van der Waals surface area contributed by atoms with Crippen LogP contribution in [0.4, 0.5) is 11.6 Å². The standard InChI is InChI=1S/C23H25N7O2/c1-2-19(31)30-10-8-16(9-11-30)12-25-22-20(21(24)28-15-29-22)17-13-26-23(27-14-17)32-18-6-4-3-5-7-18/h2-7,13-16H,1,8-12H2,(H3,24,25,28,29). The smallest absolute Gasteiger partial charge is 0.321 e. The van der Waals surface area contributed by atoms with Crippen molar-refractivity contribution in [3.63, 3.8) is 0 Å². The highest BCUT2D eigenvalue weighted by atomic mass is 16.5. The van der Waals surface area contributed by atoms with Crippen LogP contribution in [0.5, 0.6) is 11.8 Å². The lowest BCUT2D eigenvalue weighted by Crippen LogP contribution is -2.39. The van der Waals surface area contributed by atoms with Gasteiger partial charge in [0.25, 0.3) is 0 Å². The minimum atomic E-state index is -0.0121. The summed E-state index contributed by atoms with van der Waals surface area (Å²) in [7, 11) is 0. The van der Waals surface area contributed by atoms with Gasteiger partial charge in [0, 0.05) is 37.6 Å². The summed E-state index contributed by atoms with van der Waals surface area (Å²) >= 11 is 0. The van der Waals surface area contributed by atoms with Gasteiger partial charge in [-0.05, 0) is 37.0 Å². The number of ether oxygens (including phenoxy) is 1. The number of hydrogen-bond acceptors (Lipinski definition) is 8. The molecule has 2 aromatic heterocycles. The van der Waals surface area contributed by atoms with Crippen LogP contribution in [-0.2, 0) is 4.79 Å². The predicted octanol–water partition coefficient (Wildman–Crippen LogP) is 3.14. The number of likely N-dealkylation sites (tertiary alicyclic amines) is 1. The minimum absolute atomic E-state index is 0.0121. The highest BCUT2D eigenvalue weighted by Gasteiger charge is 2.22. The molecule has 0 atom stereocenters. The third kappa shape index (κ3) is 5.00. The van der Waals surface area contributed by atoms with E-state index in [2.05, 4.69) is 31.8 Å². The molecule has 4 rings (SSSR count). The summed E-state index contributed by atoms with van der Waals surface area (Å²) in [4.78, 5) is 30.7. The molecule has 3 heterocycles. The summed E-state index contributed by atoms with van der Waals surface area (Å²) in [5.74, 6) is 2.04. The summed E-state index contributed by atoms with van der Waals surface area (Å²) in [6.45, 7) is 5.73. The quantitative estimate of drug-likeness (QED) is 0.548. The Kier molecular flexibility index (Phi) is 6.54. The first-order valence-electron chi connectivity index (χ1n) is 10.4. The third-order valence-electron chi connectivity index (χ3n) is 5.40. The zero-order valence-corrected chi connectivity index (χ0v) is 17.6. The maximum atomic E-state index is 11.8. The molecule has 0 spiro atoms. The van der Waals surface area contributed by atoms with Gasteiger partial charge in [-0.2, -0.15) is 0 Å². The molecule has 3 N–H and O–H groups in total. The van der Waals surface area contributed by atoms with Crippen LogP contribution in [0.1, 0.15) is 12.8 Å². The minimum Gasteiger partial charge on any atom is -0.424 e. The number of aromatic nitrogens is 4. The summed E-state index contributed by atoms with van der Waals surface area (Å²) < 4.78 is 5.66. The molecule has 0 unspecified atom stereocenters. The largest absolute Gasteiger partial charge is 0.424 e. The fourth-order valence-electron chi connectivity index (χ4n) is 3.64. The van der Waals surface area contributed by atoms with Crippen LogP contribution in [0.15, 0.2) is 61.7 Å². The van der Waals surface area contributed by atoms with Gasteiger partial charge >= 0.3 is 6.01 Å². The molecule has 1 saturated heterocycles. The van der Waals surface area contributed by atoms with Crippen LogP contribution >= 0.6 is 0 Å². The lowest BCUT2D eigenvalue weighted by Gasteiger charge is -2.31. The number of nitrogen functional groups attached to an aromatic ring is 1. The van der Waals surface area contributed by atoms with E-state index in [0.717, 1.165) is 32.5 Å². The van der Waals surface area contributed by atoms with E-state index < -0.39 is 0 Å². The SMILES string of the molecule is C=CC(=O)N1CCC(CNc2ncnc(N)c2-c2cnc(Oc3ccccc3)nc2)CC1. The average Bonchev–Trinajstić information content (AvgIpc) is 2.84. The number of amides is 1. The molecule has 9 nitrogen and oxygen atoms in total. The lowest BCUT2D eigenvalue weighted by atomic mass is 9.96. The van der Waals surface area contributed by atoms with Gasteiger partial charge in [-0.1, -0.05) is 24.8 Å². The van der Waals surface area contributed by atoms with Crippen LogP contribution in [0.25, 0.3) is 11.1 Å². The van der Waals surface area contributed by atoms with E-state index in [1.165, 1.54) is 12.4 Å². The van der Waals surface area contributed by atoms with Gasteiger partial charge in [-0.25, -0.2) is 19.9 Å². The van der Waals surface area contributed by atoms with Crippen molar-refractivity contribution in [1.82, 2.24) is 24.8 Å². The monoisotopic (exact) mass is 431 g/mol. The number of nitrogens with zero attached hydrogens (tertiary/aromatic N) is 5. The second-order valence-electron chi connectivity index (χ2n) is 7.51. The summed E-state index contributed by atoms with van der Waals surface area (Å²) in [6.07, 6.45) is 7.91. The van der Waals surface area contributed by atoms with Crippen molar-refractivity contribution in [2.24, 2.45) is 5.92 Å². The van der Waals surface area contributed by atoms with Crippen molar-refractivity contribution in [1.29, 1.82) is 0 Å². The second kappa shape index (κ2) is 9.86. The van der Waals surface area contributed by atoms with Crippen molar-refractivity contribution in [3.8, 4) is 22.9 Å². The summed E-state index contributed by atoms with van der Waals surface area (Å²) in [5.41, 5.74) is 7.50. The molecule has 1 aliphatic heterocycles. The Labute approximate surface area is 186 Å². The summed E-state index contributed by atoms with van der Waals surface area (Å²) in [5, 5.41) is 3.39. The van der Waals surface area contributed by atoms with Gasteiger partial charge in [0.05, 0.1) is 5.56 Å². The third-order valence-corrected chi connectivity index (χ3v) is 5.40. The van der Waals surface area contributed by atoms with Crippen molar-refractivity contribution in [3.05, 3.63) is 61.7 Å². The van der Waals surface area contributed by atoms with Gasteiger partial charge in [-0.15, -0.1) is 0 Å². The van der Waals surface area contributed by atoms with Crippen molar-refractivity contribution >= 4 is 17.5 Å². The fraction of sp³-hybridized carbons (Fsp3) is 0.261. The Morgan fingerprint density at radius 3 is 2.56 bits per heavy atom. The van der Waals surface area contributed by atoms with E-state index in [1.807, 2.05) is 35.2 Å². The molecule has 0 radical (unpaired) electrons. The number of rotatable bonds is 7. The van der Waals surface area contributed by atoms with Crippen LogP contribution in [0.3, 0.4) is 0 Å². The molecule has 0 aliphatic carbocycles. The molecule has 32 heavy (non-hydrogen) atoms. The van der Waals surface area contributed by atoms with Crippen LogP contribution < -0.4 is 15.8 Å². The number of nitrogens with two attached hydrogens (primary N) is 1. The number of carbonyl (C=O) groups is 1. The Morgan fingerprint density at radius 1 is 1.16 bits per heavy atom. The van der Waals surface area contributed by atoms with Crippen LogP contribution in [-0.4, -0.2) is 50.4 Å². The van der Waals surface area contributed by atoms with Crippen LogP contribution in [0, 0.1) is 5.92 Å². The first-order valence-corrected chi connectivity index (χ1v) is 10.4. The van der Waals surface area contributed by atoms with Gasteiger partial charge < -0.3 is 20.7 Å². The number of anilines is 2. The molecule has 1 aliphatic rings. The van der Waals surface area contributed by atoms with E-state index in [0.29, 0.717) is 34.4 Å². The fourth-order valence-corrected chi connectivity index (χ4v) is 3.64. The van der Waals surface area contributed by atoms with Gasteiger partial charge in [-0.3, -0.25) is 4.79 Å². The number of benzene rings is 1. The zero-order chi connectivity index (χ0) is 22.3. The van der Waals surface area contributed by atoms with Crippen LogP contribution in [0.2, 0.25) is 0 Å². The molecule has 1 aromatic carbocycles. The van der Waals surface area contributed by atoms with E-state index >= 15 is 0 Å². The Balaban J connectivity index is 1.43. The Bertz CT molecular complexity index is 1070. The van der Waals surface area contributed by atoms with Gasteiger partial charge in [0.2, 0.25) is 5.91 Å². The second-order valence-corrected chi connectivity index (χ2v) is 7.51. The normalized spacial score (nSPS) is 14.1. The van der Waals surface area contributed by atoms with E-state index in [4.69, 9.17) is 10.5 Å². The van der Waals surface area contributed by atoms with Gasteiger partial charge in [0.1, 0.15) is 23.7 Å². The molecule has 1 amide bonds. The van der Waals surface area contributed by atoms with Crippen molar-refractivity contribution in [2.45, 2.75) is 12.8 Å². The van der Waals surface area contributed by atoms with E-state index in [1.54, 1.807) is 12.4 Å². The number of piperidine rings is 1. The highest BCUT2D eigenvalue weighted by molar-refractivity contribution is 5.87. The molecule has 1 fully saturated rings. The topological polar surface area (TPSA) is 119 Å². The number of nitrogens with one attached hydrogen (secondary N) is 1. The Morgan fingerprint density at radius 2 is 1.88 bits per heavy atom. The Hall–Kier alpha value is -4.01. The highest BCUT2D eigenvalue weighted by Crippen LogP contribution is 2.31. The van der Waals surface area contributed by atoms with Gasteiger partial charge in [0.15, 0.2) is 0 Å². The van der Waals surface area contributed by atoms with E-state index in [-0.39, 0.29) is 11.9 Å². The van der Waals surface area contributed by atoms with Crippen molar-refractivity contribution < 1.29 is 9.53 Å². The molecular formula is C23H25N7O2. The lowest BCUT2D eigenvalue weighted by molar-refractivity contribution is -0.127. The average molecular weight is 432 g/mol. The molecular weight excluding hydrogens is 406 g/mol. The summed E-state index contributed by atoms with van der Waals surface area (Å²) in [6, 6.07) is 9.58. The first kappa shape index (κ1) is 21.2. The maximum Gasteiger partial charge on any atom is 0.321 e. The molecule has 0 saturated carbocycles. The molecule has 164 valence electrons. The molecule has 0 bridgehead atoms. The predicted molar refractivity (Wildman–Crippen MR) is 122 cm³/mol.